The van der Waals surface area contributed by atoms with E-state index < -0.39 is 11.7 Å². The van der Waals surface area contributed by atoms with E-state index in [1.165, 1.54) is 23.5 Å². The highest BCUT2D eigenvalue weighted by atomic mass is 32.1. The van der Waals surface area contributed by atoms with Crippen molar-refractivity contribution in [2.75, 3.05) is 10.6 Å². The van der Waals surface area contributed by atoms with Crippen molar-refractivity contribution in [2.45, 2.75) is 37.9 Å². The molecule has 9 heteroatoms. The van der Waals surface area contributed by atoms with E-state index in [2.05, 4.69) is 20.6 Å². The molecule has 0 bridgehead atoms. The highest BCUT2D eigenvalue weighted by Gasteiger charge is 2.34. The molecular formula is C24H22F3N5S. The Kier molecular flexibility index (Phi) is 5.80. The van der Waals surface area contributed by atoms with Gasteiger partial charge in [-0.2, -0.15) is 13.2 Å². The van der Waals surface area contributed by atoms with Gasteiger partial charge in [-0.3, -0.25) is 0 Å². The smallest absolute Gasteiger partial charge is 0.382 e. The number of rotatable bonds is 6. The molecule has 0 atom stereocenters. The van der Waals surface area contributed by atoms with Gasteiger partial charge in [0.15, 0.2) is 5.13 Å². The van der Waals surface area contributed by atoms with Crippen LogP contribution in [0.25, 0.3) is 16.9 Å². The van der Waals surface area contributed by atoms with E-state index >= 15 is 0 Å². The lowest BCUT2D eigenvalue weighted by Crippen LogP contribution is -2.16. The van der Waals surface area contributed by atoms with E-state index in [0.717, 1.165) is 36.9 Å². The number of nitrogens with one attached hydrogen (secondary N) is 2. The Morgan fingerprint density at radius 2 is 1.82 bits per heavy atom. The van der Waals surface area contributed by atoms with Crippen LogP contribution in [0.3, 0.4) is 0 Å². The van der Waals surface area contributed by atoms with Gasteiger partial charge in [-0.05, 0) is 43.2 Å². The molecule has 0 amide bonds. The first kappa shape index (κ1) is 21.5. The maximum atomic E-state index is 13.8. The van der Waals surface area contributed by atoms with Gasteiger partial charge in [0.05, 0.1) is 23.3 Å². The zero-order valence-corrected chi connectivity index (χ0v) is 18.5. The minimum atomic E-state index is -4.47. The molecule has 0 radical (unpaired) electrons. The lowest BCUT2D eigenvalue weighted by atomic mass is 10.1. The summed E-state index contributed by atoms with van der Waals surface area (Å²) >= 11 is 1.27. The Labute approximate surface area is 193 Å². The largest absolute Gasteiger partial charge is 0.418 e. The van der Waals surface area contributed by atoms with Crippen LogP contribution in [0.15, 0.2) is 66.6 Å². The summed E-state index contributed by atoms with van der Waals surface area (Å²) in [5.74, 6) is 0. The zero-order chi connectivity index (χ0) is 22.8. The van der Waals surface area contributed by atoms with Gasteiger partial charge < -0.3 is 15.2 Å². The fraction of sp³-hybridized carbons (Fsp3) is 0.250. The Morgan fingerprint density at radius 1 is 1.03 bits per heavy atom. The fourth-order valence-electron chi connectivity index (χ4n) is 4.08. The maximum absolute atomic E-state index is 13.8. The Hall–Kier alpha value is -3.33. The van der Waals surface area contributed by atoms with Crippen molar-refractivity contribution in [3.8, 4) is 16.9 Å². The summed E-state index contributed by atoms with van der Waals surface area (Å²) in [5.41, 5.74) is 2.34. The quantitative estimate of drug-likeness (QED) is 0.316. The third-order valence-electron chi connectivity index (χ3n) is 5.76. The van der Waals surface area contributed by atoms with Gasteiger partial charge >= 0.3 is 6.18 Å². The van der Waals surface area contributed by atoms with Crippen LogP contribution in [0, 0.1) is 0 Å². The molecule has 2 heterocycles. The summed E-state index contributed by atoms with van der Waals surface area (Å²) in [6.07, 6.45) is 5.01. The van der Waals surface area contributed by atoms with Gasteiger partial charge in [0.1, 0.15) is 0 Å². The zero-order valence-electron chi connectivity index (χ0n) is 17.6. The molecule has 0 unspecified atom stereocenters. The lowest BCUT2D eigenvalue weighted by Gasteiger charge is -2.18. The molecule has 5 rings (SSSR count). The first-order valence-corrected chi connectivity index (χ1v) is 11.6. The SMILES string of the molecule is FC(F)(F)c1cc(NC2CCCC2)ccc1Nc1nc(-c2ccc(-n3ccnc3)cc2)cs1. The van der Waals surface area contributed by atoms with Crippen LogP contribution in [-0.2, 0) is 6.18 Å². The van der Waals surface area contributed by atoms with Gasteiger partial charge in [0, 0.05) is 40.8 Å². The average molecular weight is 470 g/mol. The topological polar surface area (TPSA) is 54.8 Å². The normalized spacial score (nSPS) is 14.5. The van der Waals surface area contributed by atoms with Crippen molar-refractivity contribution in [1.82, 2.24) is 14.5 Å². The van der Waals surface area contributed by atoms with E-state index in [1.54, 1.807) is 18.6 Å². The fourth-order valence-corrected chi connectivity index (χ4v) is 4.81. The molecule has 2 N–H and O–H groups in total. The Balaban J connectivity index is 1.35. The average Bonchev–Trinajstić information content (AvgIpc) is 3.58. The summed E-state index contributed by atoms with van der Waals surface area (Å²) in [6.45, 7) is 0. The summed E-state index contributed by atoms with van der Waals surface area (Å²) in [5, 5.41) is 8.35. The predicted molar refractivity (Wildman–Crippen MR) is 125 cm³/mol. The van der Waals surface area contributed by atoms with Crippen LogP contribution >= 0.6 is 11.3 Å². The summed E-state index contributed by atoms with van der Waals surface area (Å²) in [4.78, 5) is 8.54. The Bertz CT molecular complexity index is 1210. The number of alkyl halides is 3. The van der Waals surface area contributed by atoms with Gasteiger partial charge in [0.2, 0.25) is 0 Å². The maximum Gasteiger partial charge on any atom is 0.418 e. The third kappa shape index (κ3) is 4.88. The van der Waals surface area contributed by atoms with E-state index in [4.69, 9.17) is 0 Å². The summed E-state index contributed by atoms with van der Waals surface area (Å²) < 4.78 is 43.2. The van der Waals surface area contributed by atoms with Crippen LogP contribution in [0.1, 0.15) is 31.2 Å². The molecule has 33 heavy (non-hydrogen) atoms. The van der Waals surface area contributed by atoms with E-state index in [9.17, 15) is 13.2 Å². The molecule has 0 spiro atoms. The monoisotopic (exact) mass is 469 g/mol. The highest BCUT2D eigenvalue weighted by molar-refractivity contribution is 7.14. The number of halogens is 3. The number of hydrogen-bond acceptors (Lipinski definition) is 5. The molecule has 0 aliphatic heterocycles. The first-order valence-electron chi connectivity index (χ1n) is 10.7. The standard InChI is InChI=1S/C24H22F3N5S/c25-24(26,27)20-13-18(29-17-3-1-2-4-17)7-10-21(20)30-23-31-22(14-33-23)16-5-8-19(9-6-16)32-12-11-28-15-32/h5-15,17,29H,1-4H2,(H,30,31). The second-order valence-electron chi connectivity index (χ2n) is 8.06. The van der Waals surface area contributed by atoms with Crippen LogP contribution < -0.4 is 10.6 Å². The van der Waals surface area contributed by atoms with Crippen molar-refractivity contribution < 1.29 is 13.2 Å². The number of benzene rings is 2. The van der Waals surface area contributed by atoms with Crippen molar-refractivity contribution in [2.24, 2.45) is 0 Å². The molecule has 1 fully saturated rings. The molecule has 4 aromatic rings. The molecule has 1 saturated carbocycles. The van der Waals surface area contributed by atoms with Crippen LogP contribution in [0.2, 0.25) is 0 Å². The number of anilines is 3. The number of aromatic nitrogens is 3. The van der Waals surface area contributed by atoms with Crippen LogP contribution in [0.5, 0.6) is 0 Å². The predicted octanol–water partition coefficient (Wildman–Crippen LogP) is 7.11. The Morgan fingerprint density at radius 3 is 2.52 bits per heavy atom. The van der Waals surface area contributed by atoms with Crippen molar-refractivity contribution >= 4 is 27.8 Å². The number of thiazole rings is 1. The van der Waals surface area contributed by atoms with Crippen molar-refractivity contribution in [3.05, 3.63) is 72.1 Å². The van der Waals surface area contributed by atoms with Gasteiger partial charge in [-0.15, -0.1) is 11.3 Å². The molecule has 2 aromatic heterocycles. The van der Waals surface area contributed by atoms with Gasteiger partial charge in [-0.25, -0.2) is 9.97 Å². The third-order valence-corrected chi connectivity index (χ3v) is 6.52. The van der Waals surface area contributed by atoms with Gasteiger partial charge in [0.25, 0.3) is 0 Å². The number of imidazole rings is 1. The highest BCUT2D eigenvalue weighted by Crippen LogP contribution is 2.39. The molecule has 2 aromatic carbocycles. The molecule has 1 aliphatic carbocycles. The van der Waals surface area contributed by atoms with E-state index in [0.29, 0.717) is 16.5 Å². The molecule has 5 nitrogen and oxygen atoms in total. The second kappa shape index (κ2) is 8.90. The summed E-state index contributed by atoms with van der Waals surface area (Å²) in [7, 11) is 0. The van der Waals surface area contributed by atoms with Crippen molar-refractivity contribution in [3.63, 3.8) is 0 Å². The molecule has 1 aliphatic rings. The molecular weight excluding hydrogens is 447 g/mol. The number of hydrogen-bond donors (Lipinski definition) is 2. The van der Waals surface area contributed by atoms with Crippen molar-refractivity contribution in [1.29, 1.82) is 0 Å². The first-order chi connectivity index (χ1) is 16.0. The van der Waals surface area contributed by atoms with Crippen LogP contribution in [-0.4, -0.2) is 20.6 Å². The summed E-state index contributed by atoms with van der Waals surface area (Å²) in [6, 6.07) is 12.3. The van der Waals surface area contributed by atoms with E-state index in [-0.39, 0.29) is 11.7 Å². The molecule has 170 valence electrons. The number of nitrogens with zero attached hydrogens (tertiary/aromatic N) is 3. The van der Waals surface area contributed by atoms with Crippen LogP contribution in [0.4, 0.5) is 29.7 Å². The molecule has 0 saturated heterocycles. The lowest BCUT2D eigenvalue weighted by molar-refractivity contribution is -0.136. The second-order valence-corrected chi connectivity index (χ2v) is 8.92. The van der Waals surface area contributed by atoms with Gasteiger partial charge in [-0.1, -0.05) is 25.0 Å². The minimum absolute atomic E-state index is 0.00386. The minimum Gasteiger partial charge on any atom is -0.382 e. The van der Waals surface area contributed by atoms with E-state index in [1.807, 2.05) is 40.4 Å².